The molecule has 0 aliphatic carbocycles. The van der Waals surface area contributed by atoms with Crippen LogP contribution in [0.5, 0.6) is 0 Å². The number of hydrogen-bond donors (Lipinski definition) is 0. The quantitative estimate of drug-likeness (QED) is 0.707. The van der Waals surface area contributed by atoms with Crippen molar-refractivity contribution in [1.29, 1.82) is 0 Å². The number of imidazole rings is 1. The van der Waals surface area contributed by atoms with Crippen LogP contribution in [0.25, 0.3) is 16.5 Å². The minimum atomic E-state index is -3.86. The van der Waals surface area contributed by atoms with Crippen molar-refractivity contribution in [3.05, 3.63) is 54.4 Å². The molecule has 0 radical (unpaired) electrons. The first-order chi connectivity index (χ1) is 12.4. The van der Waals surface area contributed by atoms with E-state index in [-0.39, 0.29) is 10.8 Å². The summed E-state index contributed by atoms with van der Waals surface area (Å²) < 4.78 is 42.8. The number of aromatic nitrogens is 3. The van der Waals surface area contributed by atoms with Gasteiger partial charge in [0.2, 0.25) is 0 Å². The van der Waals surface area contributed by atoms with E-state index >= 15 is 0 Å². The largest absolute Gasteiger partial charge is 0.339 e. The number of aryl methyl sites for hydroxylation is 1. The third kappa shape index (κ3) is 2.75. The van der Waals surface area contributed by atoms with Gasteiger partial charge < -0.3 is 9.47 Å². The lowest BCUT2D eigenvalue weighted by molar-refractivity contribution is 0.370. The van der Waals surface area contributed by atoms with E-state index in [4.69, 9.17) is 0 Å². The second-order valence-electron chi connectivity index (χ2n) is 6.62. The molecule has 1 aliphatic heterocycles. The number of halogens is 1. The van der Waals surface area contributed by atoms with Gasteiger partial charge in [0.15, 0.2) is 5.03 Å². The van der Waals surface area contributed by atoms with Crippen molar-refractivity contribution >= 4 is 26.5 Å². The van der Waals surface area contributed by atoms with Gasteiger partial charge in [0, 0.05) is 43.5 Å². The maximum absolute atomic E-state index is 13.9. The summed E-state index contributed by atoms with van der Waals surface area (Å²) in [4.78, 5) is 6.15. The van der Waals surface area contributed by atoms with Crippen LogP contribution >= 0.6 is 0 Å². The monoisotopic (exact) mass is 374 g/mol. The fourth-order valence-electron chi connectivity index (χ4n) is 3.27. The molecule has 3 heterocycles. The summed E-state index contributed by atoms with van der Waals surface area (Å²) in [5.74, 6) is -0.389. The first-order valence-corrected chi connectivity index (χ1v) is 9.72. The number of nitrogens with zero attached hydrogens (tertiary/aromatic N) is 4. The predicted octanol–water partition coefficient (Wildman–Crippen LogP) is 2.47. The predicted molar refractivity (Wildman–Crippen MR) is 97.8 cm³/mol. The van der Waals surface area contributed by atoms with Crippen LogP contribution in [0.15, 0.2) is 48.0 Å². The average Bonchev–Trinajstić information content (AvgIpc) is 3.20. The molecule has 6 nitrogen and oxygen atoms in total. The maximum atomic E-state index is 13.9. The third-order valence-corrected chi connectivity index (χ3v) is 6.25. The zero-order valence-corrected chi connectivity index (χ0v) is 15.4. The Bertz CT molecular complexity index is 1130. The van der Waals surface area contributed by atoms with E-state index in [1.807, 2.05) is 7.05 Å². The molecule has 0 amide bonds. The number of benzene rings is 1. The van der Waals surface area contributed by atoms with Gasteiger partial charge in [-0.05, 0) is 37.2 Å². The first-order valence-electron chi connectivity index (χ1n) is 8.28. The highest BCUT2D eigenvalue weighted by molar-refractivity contribution is 7.90. The molecule has 26 heavy (non-hydrogen) atoms. The Balaban J connectivity index is 1.94. The molecule has 0 fully saturated rings. The summed E-state index contributed by atoms with van der Waals surface area (Å²) in [6.45, 7) is 1.66. The Hall–Kier alpha value is -2.45. The molecule has 0 saturated carbocycles. The number of likely N-dealkylation sites (N-methyl/N-ethyl adjacent to an activating group) is 1. The van der Waals surface area contributed by atoms with Crippen LogP contribution in [0.3, 0.4) is 0 Å². The van der Waals surface area contributed by atoms with Gasteiger partial charge in [0.1, 0.15) is 5.82 Å². The highest BCUT2D eigenvalue weighted by Gasteiger charge is 2.25. The first kappa shape index (κ1) is 17.0. The van der Waals surface area contributed by atoms with Gasteiger partial charge in [-0.25, -0.2) is 13.3 Å². The molecule has 0 N–H and O–H groups in total. The zero-order valence-electron chi connectivity index (χ0n) is 14.6. The Labute approximate surface area is 151 Å². The van der Waals surface area contributed by atoms with Crippen LogP contribution in [0.1, 0.15) is 12.0 Å². The summed E-state index contributed by atoms with van der Waals surface area (Å²) >= 11 is 0. The van der Waals surface area contributed by atoms with Crippen LogP contribution in [-0.2, 0) is 17.1 Å². The fourth-order valence-corrected chi connectivity index (χ4v) is 4.61. The second-order valence-corrected chi connectivity index (χ2v) is 8.39. The number of fused-ring (bicyclic) bond motifs is 1. The molecule has 136 valence electrons. The van der Waals surface area contributed by atoms with Crippen molar-refractivity contribution in [1.82, 2.24) is 18.4 Å². The fraction of sp³-hybridized carbons (Fsp3) is 0.278. The highest BCUT2D eigenvalue weighted by atomic mass is 32.2. The normalized spacial score (nSPS) is 16.2. The Kier molecular flexibility index (Phi) is 3.96. The van der Waals surface area contributed by atoms with Crippen LogP contribution in [0.4, 0.5) is 4.39 Å². The van der Waals surface area contributed by atoms with E-state index < -0.39 is 10.0 Å². The van der Waals surface area contributed by atoms with E-state index in [2.05, 4.69) is 16.0 Å². The van der Waals surface area contributed by atoms with Gasteiger partial charge >= 0.3 is 0 Å². The molecule has 2 aromatic heterocycles. The molecule has 0 spiro atoms. The van der Waals surface area contributed by atoms with Gasteiger partial charge in [-0.15, -0.1) is 0 Å². The van der Waals surface area contributed by atoms with Gasteiger partial charge in [-0.3, -0.25) is 0 Å². The molecular weight excluding hydrogens is 355 g/mol. The SMILES string of the molecule is CN1CC=C(c2cn(S(=O)(=O)c3cn(C)cn3)c3ccc(F)cc23)CC1. The Morgan fingerprint density at radius 3 is 2.65 bits per heavy atom. The molecule has 4 rings (SSSR count). The molecule has 0 bridgehead atoms. The Morgan fingerprint density at radius 2 is 2.00 bits per heavy atom. The van der Waals surface area contributed by atoms with Gasteiger partial charge in [-0.2, -0.15) is 8.42 Å². The van der Waals surface area contributed by atoms with E-state index in [9.17, 15) is 12.8 Å². The summed E-state index contributed by atoms with van der Waals surface area (Å²) in [6, 6.07) is 4.18. The minimum absolute atomic E-state index is 0.0369. The van der Waals surface area contributed by atoms with Crippen molar-refractivity contribution < 1.29 is 12.8 Å². The lowest BCUT2D eigenvalue weighted by Gasteiger charge is -2.21. The molecular formula is C18H19FN4O2S. The van der Waals surface area contributed by atoms with Crippen molar-refractivity contribution in [2.45, 2.75) is 11.4 Å². The lowest BCUT2D eigenvalue weighted by atomic mass is 9.99. The molecule has 0 atom stereocenters. The second kappa shape index (κ2) is 6.07. The highest BCUT2D eigenvalue weighted by Crippen LogP contribution is 2.33. The summed E-state index contributed by atoms with van der Waals surface area (Å²) in [7, 11) is -0.120. The van der Waals surface area contributed by atoms with E-state index in [0.717, 1.165) is 30.6 Å². The van der Waals surface area contributed by atoms with Crippen molar-refractivity contribution in [3.63, 3.8) is 0 Å². The number of hydrogen-bond acceptors (Lipinski definition) is 4. The standard InChI is InChI=1S/C18H19FN4O2S/c1-21-7-5-13(6-8-21)16-10-23(17-4-3-14(19)9-15(16)17)26(24,25)18-11-22(2)12-20-18/h3-5,9-12H,6-8H2,1-2H3. The van der Waals surface area contributed by atoms with Gasteiger partial charge in [-0.1, -0.05) is 6.08 Å². The van der Waals surface area contributed by atoms with E-state index in [0.29, 0.717) is 10.9 Å². The summed E-state index contributed by atoms with van der Waals surface area (Å²) in [6.07, 6.45) is 7.35. The summed E-state index contributed by atoms with van der Waals surface area (Å²) in [5.41, 5.74) is 2.24. The maximum Gasteiger partial charge on any atom is 0.287 e. The van der Waals surface area contributed by atoms with Crippen molar-refractivity contribution in [3.8, 4) is 0 Å². The van der Waals surface area contributed by atoms with Crippen LogP contribution in [-0.4, -0.2) is 47.0 Å². The molecule has 0 unspecified atom stereocenters. The topological polar surface area (TPSA) is 60.1 Å². The zero-order chi connectivity index (χ0) is 18.5. The number of rotatable bonds is 3. The Morgan fingerprint density at radius 1 is 1.19 bits per heavy atom. The van der Waals surface area contributed by atoms with E-state index in [1.165, 1.54) is 34.7 Å². The minimum Gasteiger partial charge on any atom is -0.339 e. The van der Waals surface area contributed by atoms with Gasteiger partial charge in [0.05, 0.1) is 11.8 Å². The van der Waals surface area contributed by atoms with Crippen LogP contribution in [0, 0.1) is 5.82 Å². The molecule has 1 aromatic carbocycles. The van der Waals surface area contributed by atoms with Crippen LogP contribution in [0.2, 0.25) is 0 Å². The average molecular weight is 374 g/mol. The van der Waals surface area contributed by atoms with Crippen molar-refractivity contribution in [2.24, 2.45) is 7.05 Å². The van der Waals surface area contributed by atoms with Crippen LogP contribution < -0.4 is 0 Å². The molecule has 3 aromatic rings. The lowest BCUT2D eigenvalue weighted by Crippen LogP contribution is -2.23. The van der Waals surface area contributed by atoms with Crippen molar-refractivity contribution in [2.75, 3.05) is 20.1 Å². The summed E-state index contributed by atoms with van der Waals surface area (Å²) in [5, 5.41) is 0.561. The third-order valence-electron chi connectivity index (χ3n) is 4.70. The van der Waals surface area contributed by atoms with Gasteiger partial charge in [0.25, 0.3) is 10.0 Å². The molecule has 1 aliphatic rings. The van der Waals surface area contributed by atoms with E-state index in [1.54, 1.807) is 17.8 Å². The smallest absolute Gasteiger partial charge is 0.287 e. The molecule has 0 saturated heterocycles. The molecule has 8 heteroatoms.